The van der Waals surface area contributed by atoms with Gasteiger partial charge in [-0.3, -0.25) is 4.79 Å². The molecular formula is C5H10N2O2. The summed E-state index contributed by atoms with van der Waals surface area (Å²) in [5.74, 6) is -0.490. The topological polar surface area (TPSA) is 61.7 Å². The van der Waals surface area contributed by atoms with Crippen molar-refractivity contribution in [2.75, 3.05) is 6.61 Å². The molecule has 9 heavy (non-hydrogen) atoms. The minimum Gasteiger partial charge on any atom is -0.386 e. The highest BCUT2D eigenvalue weighted by Crippen LogP contribution is 1.69. The van der Waals surface area contributed by atoms with Crippen molar-refractivity contribution in [1.29, 1.82) is 0 Å². The molecule has 0 saturated carbocycles. The number of aliphatic hydroxyl groups excluding tert-OH is 1. The van der Waals surface area contributed by atoms with E-state index >= 15 is 0 Å². The number of carbonyl (C=O) groups is 1. The van der Waals surface area contributed by atoms with Crippen LogP contribution in [0.25, 0.3) is 0 Å². The Morgan fingerprint density at radius 2 is 2.22 bits per heavy atom. The van der Waals surface area contributed by atoms with Crippen LogP contribution in [0.2, 0.25) is 0 Å². The number of aliphatic hydroxyl groups is 1. The van der Waals surface area contributed by atoms with Crippen LogP contribution in [0.15, 0.2) is 5.10 Å². The van der Waals surface area contributed by atoms with E-state index in [9.17, 15) is 4.79 Å². The summed E-state index contributed by atoms with van der Waals surface area (Å²) in [6.07, 6.45) is 0. The second-order valence-electron chi connectivity index (χ2n) is 1.75. The molecule has 4 nitrogen and oxygen atoms in total. The first-order valence-corrected chi connectivity index (χ1v) is 2.57. The highest BCUT2D eigenvalue weighted by atomic mass is 16.3. The standard InChI is InChI=1S/C5H10N2O2/c1-4(2)6-7-5(9)3-8/h8H,3H2,1-2H3,(H,7,9). The molecule has 0 aromatic carbocycles. The molecule has 52 valence electrons. The van der Waals surface area contributed by atoms with Crippen LogP contribution in [0.4, 0.5) is 0 Å². The lowest BCUT2D eigenvalue weighted by Crippen LogP contribution is -2.21. The van der Waals surface area contributed by atoms with Crippen molar-refractivity contribution in [3.8, 4) is 0 Å². The van der Waals surface area contributed by atoms with Crippen LogP contribution >= 0.6 is 0 Å². The number of carbonyl (C=O) groups excluding carboxylic acids is 1. The molecule has 0 atom stereocenters. The van der Waals surface area contributed by atoms with Gasteiger partial charge in [-0.2, -0.15) is 5.10 Å². The molecule has 1 amide bonds. The number of nitrogens with zero attached hydrogens (tertiary/aromatic N) is 1. The van der Waals surface area contributed by atoms with Gasteiger partial charge in [0.1, 0.15) is 6.61 Å². The minimum absolute atomic E-state index is 0.490. The third-order valence-corrected chi connectivity index (χ3v) is 0.548. The first kappa shape index (κ1) is 8.10. The number of amides is 1. The van der Waals surface area contributed by atoms with E-state index in [1.807, 2.05) is 0 Å². The van der Waals surface area contributed by atoms with Crippen molar-refractivity contribution in [1.82, 2.24) is 5.43 Å². The van der Waals surface area contributed by atoms with Crippen LogP contribution in [0.1, 0.15) is 13.8 Å². The van der Waals surface area contributed by atoms with Crippen LogP contribution in [-0.4, -0.2) is 23.3 Å². The Bertz CT molecular complexity index is 127. The largest absolute Gasteiger partial charge is 0.386 e. The summed E-state index contributed by atoms with van der Waals surface area (Å²) >= 11 is 0. The summed E-state index contributed by atoms with van der Waals surface area (Å²) in [6, 6.07) is 0. The summed E-state index contributed by atoms with van der Waals surface area (Å²) in [5, 5.41) is 11.7. The Labute approximate surface area is 53.6 Å². The predicted molar refractivity (Wildman–Crippen MR) is 34.0 cm³/mol. The summed E-state index contributed by atoms with van der Waals surface area (Å²) in [4.78, 5) is 10.2. The first-order valence-electron chi connectivity index (χ1n) is 2.57. The Morgan fingerprint density at radius 3 is 2.56 bits per heavy atom. The second kappa shape index (κ2) is 4.03. The maximum absolute atomic E-state index is 10.2. The fourth-order valence-corrected chi connectivity index (χ4v) is 0.210. The van der Waals surface area contributed by atoms with Gasteiger partial charge in [-0.25, -0.2) is 5.43 Å². The number of hydrazone groups is 1. The van der Waals surface area contributed by atoms with E-state index in [-0.39, 0.29) is 0 Å². The molecule has 0 rings (SSSR count). The van der Waals surface area contributed by atoms with Gasteiger partial charge < -0.3 is 5.11 Å². The normalized spacial score (nSPS) is 8.33. The molecule has 0 aromatic heterocycles. The average Bonchev–Trinajstić information content (AvgIpc) is 1.83. The van der Waals surface area contributed by atoms with Crippen molar-refractivity contribution in [2.45, 2.75) is 13.8 Å². The Balaban J connectivity index is 3.50. The average molecular weight is 130 g/mol. The van der Waals surface area contributed by atoms with Gasteiger partial charge in [0, 0.05) is 5.71 Å². The number of nitrogens with one attached hydrogen (secondary N) is 1. The Morgan fingerprint density at radius 1 is 1.67 bits per heavy atom. The molecule has 0 aliphatic carbocycles. The Kier molecular flexibility index (Phi) is 3.62. The van der Waals surface area contributed by atoms with E-state index < -0.39 is 12.5 Å². The molecular weight excluding hydrogens is 120 g/mol. The molecule has 2 N–H and O–H groups in total. The molecule has 0 spiro atoms. The van der Waals surface area contributed by atoms with Crippen LogP contribution in [0, 0.1) is 0 Å². The molecule has 4 heteroatoms. The van der Waals surface area contributed by atoms with Crippen LogP contribution in [0.3, 0.4) is 0 Å². The highest BCUT2D eigenvalue weighted by molar-refractivity contribution is 5.82. The van der Waals surface area contributed by atoms with Crippen molar-refractivity contribution in [3.63, 3.8) is 0 Å². The van der Waals surface area contributed by atoms with Gasteiger partial charge >= 0.3 is 0 Å². The number of hydrogen-bond donors (Lipinski definition) is 2. The zero-order valence-electron chi connectivity index (χ0n) is 5.51. The predicted octanol–water partition coefficient (Wildman–Crippen LogP) is -0.509. The van der Waals surface area contributed by atoms with E-state index in [2.05, 4.69) is 10.5 Å². The lowest BCUT2D eigenvalue weighted by Gasteiger charge is -1.93. The van der Waals surface area contributed by atoms with E-state index in [1.165, 1.54) is 0 Å². The van der Waals surface area contributed by atoms with Gasteiger partial charge in [0.2, 0.25) is 0 Å². The van der Waals surface area contributed by atoms with Crippen LogP contribution in [-0.2, 0) is 4.79 Å². The summed E-state index contributed by atoms with van der Waals surface area (Å²) in [7, 11) is 0. The second-order valence-corrected chi connectivity index (χ2v) is 1.75. The monoisotopic (exact) mass is 130 g/mol. The maximum atomic E-state index is 10.2. The van der Waals surface area contributed by atoms with Gasteiger partial charge in [-0.1, -0.05) is 0 Å². The molecule has 0 heterocycles. The first-order chi connectivity index (χ1) is 4.16. The van der Waals surface area contributed by atoms with E-state index in [0.717, 1.165) is 5.71 Å². The van der Waals surface area contributed by atoms with Crippen LogP contribution in [0.5, 0.6) is 0 Å². The lowest BCUT2D eigenvalue weighted by molar-refractivity contribution is -0.123. The van der Waals surface area contributed by atoms with Gasteiger partial charge in [0.15, 0.2) is 0 Å². The molecule has 0 unspecified atom stereocenters. The molecule has 0 aliphatic rings. The van der Waals surface area contributed by atoms with Crippen molar-refractivity contribution in [3.05, 3.63) is 0 Å². The Hall–Kier alpha value is -0.900. The molecule has 0 radical (unpaired) electrons. The number of hydrogen-bond acceptors (Lipinski definition) is 3. The lowest BCUT2D eigenvalue weighted by atomic mass is 10.5. The van der Waals surface area contributed by atoms with Gasteiger partial charge in [0.05, 0.1) is 0 Å². The van der Waals surface area contributed by atoms with Crippen molar-refractivity contribution in [2.24, 2.45) is 5.10 Å². The smallest absolute Gasteiger partial charge is 0.265 e. The molecule has 0 aromatic rings. The van der Waals surface area contributed by atoms with Gasteiger partial charge in [0.25, 0.3) is 5.91 Å². The zero-order chi connectivity index (χ0) is 7.28. The number of rotatable bonds is 2. The minimum atomic E-state index is -0.517. The zero-order valence-corrected chi connectivity index (χ0v) is 5.51. The van der Waals surface area contributed by atoms with E-state index in [0.29, 0.717) is 0 Å². The SMILES string of the molecule is CC(C)=NNC(=O)CO. The molecule has 0 aliphatic heterocycles. The summed E-state index contributed by atoms with van der Waals surface area (Å²) < 4.78 is 0. The molecule has 0 fully saturated rings. The van der Waals surface area contributed by atoms with Crippen molar-refractivity contribution >= 4 is 11.6 Å². The summed E-state index contributed by atoms with van der Waals surface area (Å²) in [6.45, 7) is 2.98. The molecule has 0 bridgehead atoms. The summed E-state index contributed by atoms with van der Waals surface area (Å²) in [5.41, 5.74) is 2.88. The van der Waals surface area contributed by atoms with Gasteiger partial charge in [-0.15, -0.1) is 0 Å². The quantitative estimate of drug-likeness (QED) is 0.390. The van der Waals surface area contributed by atoms with E-state index in [4.69, 9.17) is 5.11 Å². The maximum Gasteiger partial charge on any atom is 0.265 e. The van der Waals surface area contributed by atoms with Crippen molar-refractivity contribution < 1.29 is 9.90 Å². The van der Waals surface area contributed by atoms with Crippen LogP contribution < -0.4 is 5.43 Å². The van der Waals surface area contributed by atoms with E-state index in [1.54, 1.807) is 13.8 Å². The fraction of sp³-hybridized carbons (Fsp3) is 0.600. The molecule has 0 saturated heterocycles. The fourth-order valence-electron chi connectivity index (χ4n) is 0.210. The third-order valence-electron chi connectivity index (χ3n) is 0.548. The highest BCUT2D eigenvalue weighted by Gasteiger charge is 1.91. The third kappa shape index (κ3) is 4.96. The van der Waals surface area contributed by atoms with Gasteiger partial charge in [-0.05, 0) is 13.8 Å².